The molecule has 1 atom stereocenters. The van der Waals surface area contributed by atoms with Gasteiger partial charge in [-0.25, -0.2) is 4.98 Å². The molecule has 0 unspecified atom stereocenters. The van der Waals surface area contributed by atoms with Crippen LogP contribution in [-0.2, 0) is 16.9 Å². The number of benzene rings is 1. The van der Waals surface area contributed by atoms with E-state index < -0.39 is 29.1 Å². The number of halogens is 3. The van der Waals surface area contributed by atoms with Crippen LogP contribution in [0, 0.1) is 6.92 Å². The third kappa shape index (κ3) is 4.29. The lowest BCUT2D eigenvalue weighted by Gasteiger charge is -2.29. The molecule has 2 N–H and O–H groups in total. The van der Waals surface area contributed by atoms with Gasteiger partial charge < -0.3 is 15.1 Å². The van der Waals surface area contributed by atoms with Crippen molar-refractivity contribution in [2.45, 2.75) is 31.7 Å². The van der Waals surface area contributed by atoms with Gasteiger partial charge in [-0.15, -0.1) is 11.3 Å². The van der Waals surface area contributed by atoms with Gasteiger partial charge >= 0.3 is 6.18 Å². The summed E-state index contributed by atoms with van der Waals surface area (Å²) in [7, 11) is 1.35. The van der Waals surface area contributed by atoms with Gasteiger partial charge in [-0.1, -0.05) is 12.1 Å². The number of alkyl halides is 3. The Morgan fingerprint density at radius 3 is 2.36 bits per heavy atom. The average Bonchev–Trinajstić information content (AvgIpc) is 2.95. The van der Waals surface area contributed by atoms with E-state index in [1.54, 1.807) is 12.1 Å². The van der Waals surface area contributed by atoms with Gasteiger partial charge in [0.1, 0.15) is 10.8 Å². The fourth-order valence-corrected chi connectivity index (χ4v) is 3.07. The van der Waals surface area contributed by atoms with E-state index in [9.17, 15) is 28.2 Å². The standard InChI is InChI=1S/C16H17F3N2O3S/c1-10-9-25-14(20-10)15(24,16(17,18)19)7-13(23)21(2)8-11-3-5-12(22)6-4-11/h3-6,9,22,24H,7-8H2,1-2H3/t15-/m1/s1. The molecule has 1 aromatic carbocycles. The number of amides is 1. The van der Waals surface area contributed by atoms with Crippen LogP contribution in [0.15, 0.2) is 29.6 Å². The van der Waals surface area contributed by atoms with E-state index in [0.717, 1.165) is 4.90 Å². The van der Waals surface area contributed by atoms with Crippen LogP contribution >= 0.6 is 11.3 Å². The summed E-state index contributed by atoms with van der Waals surface area (Å²) in [6.45, 7) is 1.56. The Labute approximate surface area is 146 Å². The average molecular weight is 374 g/mol. The lowest BCUT2D eigenvalue weighted by atomic mass is 9.98. The number of phenols is 1. The minimum absolute atomic E-state index is 0.0447. The molecule has 0 spiro atoms. The molecule has 0 radical (unpaired) electrons. The molecule has 9 heteroatoms. The molecule has 0 saturated heterocycles. The van der Waals surface area contributed by atoms with Crippen LogP contribution in [0.25, 0.3) is 0 Å². The third-order valence-corrected chi connectivity index (χ3v) is 4.74. The second-order valence-electron chi connectivity index (χ2n) is 5.75. The Bertz CT molecular complexity index is 746. The fourth-order valence-electron chi connectivity index (χ4n) is 2.16. The van der Waals surface area contributed by atoms with Crippen molar-refractivity contribution in [1.29, 1.82) is 0 Å². The highest BCUT2D eigenvalue weighted by molar-refractivity contribution is 7.09. The zero-order chi connectivity index (χ0) is 18.8. The summed E-state index contributed by atoms with van der Waals surface area (Å²) < 4.78 is 40.2. The maximum atomic E-state index is 13.4. The molecular formula is C16H17F3N2O3S. The van der Waals surface area contributed by atoms with Crippen LogP contribution in [0.3, 0.4) is 0 Å². The van der Waals surface area contributed by atoms with Crippen LogP contribution in [0.2, 0.25) is 0 Å². The molecule has 0 bridgehead atoms. The molecule has 25 heavy (non-hydrogen) atoms. The summed E-state index contributed by atoms with van der Waals surface area (Å²) >= 11 is 0.663. The Kier molecular flexibility index (Phi) is 5.38. The van der Waals surface area contributed by atoms with Crippen molar-refractivity contribution >= 4 is 17.2 Å². The number of hydrogen-bond donors (Lipinski definition) is 2. The summed E-state index contributed by atoms with van der Waals surface area (Å²) in [6, 6.07) is 5.94. The molecule has 2 rings (SSSR count). The number of thiazole rings is 1. The first kappa shape index (κ1) is 19.2. The largest absolute Gasteiger partial charge is 0.508 e. The Balaban J connectivity index is 2.18. The highest BCUT2D eigenvalue weighted by atomic mass is 32.1. The smallest absolute Gasteiger partial charge is 0.424 e. The molecular weight excluding hydrogens is 357 g/mol. The molecule has 0 saturated carbocycles. The van der Waals surface area contributed by atoms with E-state index in [1.165, 1.54) is 31.5 Å². The number of aromatic hydroxyl groups is 1. The Morgan fingerprint density at radius 2 is 1.88 bits per heavy atom. The number of carbonyl (C=O) groups excluding carboxylic acids is 1. The van der Waals surface area contributed by atoms with Crippen molar-refractivity contribution in [3.05, 3.63) is 45.9 Å². The van der Waals surface area contributed by atoms with E-state index in [2.05, 4.69) is 4.98 Å². The minimum Gasteiger partial charge on any atom is -0.508 e. The highest BCUT2D eigenvalue weighted by Gasteiger charge is 2.58. The van der Waals surface area contributed by atoms with Gasteiger partial charge in [-0.2, -0.15) is 13.2 Å². The topological polar surface area (TPSA) is 73.7 Å². The predicted octanol–water partition coefficient (Wildman–Crippen LogP) is 2.96. The molecule has 0 aliphatic heterocycles. The highest BCUT2D eigenvalue weighted by Crippen LogP contribution is 2.43. The summed E-state index contributed by atoms with van der Waals surface area (Å²) in [5, 5.41) is 20.3. The summed E-state index contributed by atoms with van der Waals surface area (Å²) in [5.41, 5.74) is -2.35. The molecule has 1 heterocycles. The SMILES string of the molecule is Cc1csc([C@](O)(CC(=O)N(C)Cc2ccc(O)cc2)C(F)(F)F)n1. The summed E-state index contributed by atoms with van der Waals surface area (Å²) in [6.07, 6.45) is -6.19. The van der Waals surface area contributed by atoms with Gasteiger partial charge in [0, 0.05) is 24.7 Å². The molecule has 1 aromatic heterocycles. The van der Waals surface area contributed by atoms with Crippen LogP contribution in [0.5, 0.6) is 5.75 Å². The molecule has 2 aromatic rings. The Hall–Kier alpha value is -2.13. The first-order chi connectivity index (χ1) is 11.5. The van der Waals surface area contributed by atoms with Gasteiger partial charge in [0.2, 0.25) is 11.5 Å². The number of rotatable bonds is 5. The van der Waals surface area contributed by atoms with Crippen molar-refractivity contribution in [3.63, 3.8) is 0 Å². The maximum absolute atomic E-state index is 13.4. The quantitative estimate of drug-likeness (QED) is 0.844. The maximum Gasteiger partial charge on any atom is 0.424 e. The first-order valence-electron chi connectivity index (χ1n) is 7.26. The number of hydrogen-bond acceptors (Lipinski definition) is 5. The molecule has 0 aliphatic carbocycles. The number of aliphatic hydroxyl groups is 1. The normalized spacial score (nSPS) is 14.2. The molecule has 136 valence electrons. The molecule has 1 amide bonds. The van der Waals surface area contributed by atoms with E-state index in [-0.39, 0.29) is 12.3 Å². The van der Waals surface area contributed by atoms with Gasteiger partial charge in [0.05, 0.1) is 6.42 Å². The molecule has 0 aliphatic rings. The lowest BCUT2D eigenvalue weighted by molar-refractivity contribution is -0.268. The van der Waals surface area contributed by atoms with E-state index in [0.29, 0.717) is 22.6 Å². The van der Waals surface area contributed by atoms with Gasteiger partial charge in [0.15, 0.2) is 0 Å². The van der Waals surface area contributed by atoms with Crippen molar-refractivity contribution in [2.24, 2.45) is 0 Å². The number of carbonyl (C=O) groups is 1. The Morgan fingerprint density at radius 1 is 1.28 bits per heavy atom. The number of nitrogens with zero attached hydrogens (tertiary/aromatic N) is 2. The van der Waals surface area contributed by atoms with Crippen molar-refractivity contribution < 1.29 is 28.2 Å². The predicted molar refractivity (Wildman–Crippen MR) is 86.0 cm³/mol. The van der Waals surface area contributed by atoms with E-state index >= 15 is 0 Å². The third-order valence-electron chi connectivity index (χ3n) is 3.63. The van der Waals surface area contributed by atoms with Gasteiger partial charge in [0.25, 0.3) is 0 Å². The van der Waals surface area contributed by atoms with E-state index in [4.69, 9.17) is 0 Å². The summed E-state index contributed by atoms with van der Waals surface area (Å²) in [5.74, 6) is -0.830. The monoisotopic (exact) mass is 374 g/mol. The number of aryl methyl sites for hydroxylation is 1. The van der Waals surface area contributed by atoms with Crippen molar-refractivity contribution in [3.8, 4) is 5.75 Å². The van der Waals surface area contributed by atoms with Crippen LogP contribution < -0.4 is 0 Å². The van der Waals surface area contributed by atoms with Gasteiger partial charge in [-0.3, -0.25) is 4.79 Å². The van der Waals surface area contributed by atoms with E-state index in [1.807, 2.05) is 0 Å². The molecule has 5 nitrogen and oxygen atoms in total. The molecule has 0 fully saturated rings. The zero-order valence-electron chi connectivity index (χ0n) is 13.5. The minimum atomic E-state index is -5.04. The van der Waals surface area contributed by atoms with Crippen LogP contribution in [0.4, 0.5) is 13.2 Å². The fraction of sp³-hybridized carbons (Fsp3) is 0.375. The van der Waals surface area contributed by atoms with Crippen LogP contribution in [0.1, 0.15) is 22.7 Å². The second-order valence-corrected chi connectivity index (χ2v) is 6.60. The number of aromatic nitrogens is 1. The van der Waals surface area contributed by atoms with Crippen molar-refractivity contribution in [2.75, 3.05) is 7.05 Å². The summed E-state index contributed by atoms with van der Waals surface area (Å²) in [4.78, 5) is 17.0. The number of phenolic OH excluding ortho intramolecular Hbond substituents is 1. The first-order valence-corrected chi connectivity index (χ1v) is 8.14. The second kappa shape index (κ2) is 7.01. The van der Waals surface area contributed by atoms with Gasteiger partial charge in [-0.05, 0) is 24.6 Å². The van der Waals surface area contributed by atoms with Crippen LogP contribution in [-0.4, -0.2) is 39.2 Å². The van der Waals surface area contributed by atoms with Crippen molar-refractivity contribution in [1.82, 2.24) is 9.88 Å². The lowest BCUT2D eigenvalue weighted by Crippen LogP contribution is -2.46. The zero-order valence-corrected chi connectivity index (χ0v) is 14.4.